The monoisotopic (exact) mass is 692 g/mol. The van der Waals surface area contributed by atoms with Gasteiger partial charge in [0.15, 0.2) is 11.4 Å². The van der Waals surface area contributed by atoms with E-state index >= 15 is 0 Å². The first-order chi connectivity index (χ1) is 25.6. The minimum absolute atomic E-state index is 0.356. The van der Waals surface area contributed by atoms with Crippen molar-refractivity contribution in [1.82, 2.24) is 15.0 Å². The Kier molecular flexibility index (Phi) is 7.87. The van der Waals surface area contributed by atoms with Crippen molar-refractivity contribution in [2.75, 3.05) is 0 Å². The fourth-order valence-electron chi connectivity index (χ4n) is 6.71. The van der Waals surface area contributed by atoms with Crippen molar-refractivity contribution in [3.63, 3.8) is 0 Å². The summed E-state index contributed by atoms with van der Waals surface area (Å²) in [6, 6.07) is 36.8. The number of rotatable bonds is 4. The van der Waals surface area contributed by atoms with Crippen LogP contribution in [-0.4, -0.2) is 15.0 Å². The largest absolute Gasteiger partial charge is 0.416 e. The van der Waals surface area contributed by atoms with E-state index in [1.54, 1.807) is 85.8 Å². The molecule has 8 rings (SSSR count). The molecule has 9 heteroatoms. The number of nitrogens with zero attached hydrogens (tertiary/aromatic N) is 6. The molecule has 250 valence electrons. The first-order valence-electron chi connectivity index (χ1n) is 16.4. The number of hydrogen-bond acceptors (Lipinski definition) is 4. The lowest BCUT2D eigenvalue weighted by atomic mass is 9.93. The fourth-order valence-corrected chi connectivity index (χ4v) is 6.71. The van der Waals surface area contributed by atoms with E-state index in [0.717, 1.165) is 17.5 Å². The van der Waals surface area contributed by atoms with E-state index < -0.39 is 11.7 Å². The van der Waals surface area contributed by atoms with Gasteiger partial charge in [0, 0.05) is 21.7 Å². The Labute approximate surface area is 301 Å². The third-order valence-electron chi connectivity index (χ3n) is 9.14. The average Bonchev–Trinajstić information content (AvgIpc) is 3.19. The molecule has 0 aliphatic rings. The van der Waals surface area contributed by atoms with Gasteiger partial charge < -0.3 is 0 Å². The summed E-state index contributed by atoms with van der Waals surface area (Å²) in [5.41, 5.74) is 7.09. The van der Waals surface area contributed by atoms with Crippen molar-refractivity contribution in [1.29, 1.82) is 5.26 Å². The van der Waals surface area contributed by atoms with Crippen molar-refractivity contribution in [2.24, 2.45) is 0 Å². The summed E-state index contributed by atoms with van der Waals surface area (Å²) in [4.78, 5) is 22.5. The number of aromatic nitrogens is 3. The zero-order chi connectivity index (χ0) is 36.9. The molecule has 0 unspecified atom stereocenters. The van der Waals surface area contributed by atoms with Crippen molar-refractivity contribution in [3.8, 4) is 51.0 Å². The minimum Gasteiger partial charge on any atom is -0.247 e. The molecule has 0 fully saturated rings. The maximum absolute atomic E-state index is 13.8. The highest BCUT2D eigenvalue weighted by Gasteiger charge is 2.31. The summed E-state index contributed by atoms with van der Waals surface area (Å²) in [5, 5.41) is 12.5. The molecular formula is C44H23F3N6. The Bertz CT molecular complexity index is 2910. The number of alkyl halides is 3. The number of nitriles is 1. The van der Waals surface area contributed by atoms with E-state index in [1.165, 1.54) is 0 Å². The summed E-state index contributed by atoms with van der Waals surface area (Å²) in [6.07, 6.45) is -4.51. The molecule has 0 bridgehead atoms. The smallest absolute Gasteiger partial charge is 0.247 e. The van der Waals surface area contributed by atoms with E-state index in [4.69, 9.17) is 28.1 Å². The molecule has 0 spiro atoms. The van der Waals surface area contributed by atoms with Gasteiger partial charge in [-0.1, -0.05) is 91.0 Å². The molecule has 0 aliphatic heterocycles. The number of fused-ring (bicyclic) bond motifs is 5. The van der Waals surface area contributed by atoms with Crippen LogP contribution in [0.2, 0.25) is 0 Å². The standard InChI is InChI=1S/C44H23F3N6/c1-25-19-30(22-32(20-25)44(45,46)47)28-7-6-8-29(21-28)40-39-38(35-9-4-5-10-36(35)51-40)31(24-48)23-37-43(39)53-42(27-13-17-34(50-3)18-14-27)41(52-37)26-11-15-33(49-2)16-12-26/h4-23H,1H3. The van der Waals surface area contributed by atoms with Gasteiger partial charge in [-0.05, 0) is 65.1 Å². The van der Waals surface area contributed by atoms with E-state index in [1.807, 2.05) is 30.3 Å². The Morgan fingerprint density at radius 3 is 1.85 bits per heavy atom. The second-order valence-electron chi connectivity index (χ2n) is 12.5. The van der Waals surface area contributed by atoms with Gasteiger partial charge in [0.2, 0.25) is 0 Å². The number of pyridine rings is 1. The van der Waals surface area contributed by atoms with Crippen LogP contribution >= 0.6 is 0 Å². The topological polar surface area (TPSA) is 71.2 Å². The van der Waals surface area contributed by atoms with Gasteiger partial charge in [-0.25, -0.2) is 24.6 Å². The maximum Gasteiger partial charge on any atom is 0.416 e. The molecule has 8 aromatic rings. The van der Waals surface area contributed by atoms with Crippen molar-refractivity contribution < 1.29 is 13.2 Å². The van der Waals surface area contributed by atoms with Gasteiger partial charge in [-0.3, -0.25) is 0 Å². The molecule has 0 saturated carbocycles. The quantitative estimate of drug-likeness (QED) is 0.136. The highest BCUT2D eigenvalue weighted by Crippen LogP contribution is 2.42. The molecule has 2 aromatic heterocycles. The van der Waals surface area contributed by atoms with Crippen LogP contribution in [0, 0.1) is 31.4 Å². The van der Waals surface area contributed by atoms with Crippen LogP contribution in [-0.2, 0) is 6.18 Å². The summed E-state index contributed by atoms with van der Waals surface area (Å²) >= 11 is 0. The number of aryl methyl sites for hydroxylation is 1. The van der Waals surface area contributed by atoms with Crippen LogP contribution < -0.4 is 0 Å². The minimum atomic E-state index is -4.51. The van der Waals surface area contributed by atoms with Crippen LogP contribution in [0.3, 0.4) is 0 Å². The molecule has 6 nitrogen and oxygen atoms in total. The van der Waals surface area contributed by atoms with Crippen LogP contribution in [0.4, 0.5) is 24.5 Å². The molecule has 0 radical (unpaired) electrons. The Morgan fingerprint density at radius 1 is 0.585 bits per heavy atom. The zero-order valence-electron chi connectivity index (χ0n) is 27.9. The van der Waals surface area contributed by atoms with Crippen molar-refractivity contribution in [3.05, 3.63) is 161 Å². The lowest BCUT2D eigenvalue weighted by Crippen LogP contribution is -2.05. The highest BCUT2D eigenvalue weighted by atomic mass is 19.4. The fraction of sp³-hybridized carbons (Fsp3) is 0.0455. The Morgan fingerprint density at radius 2 is 1.21 bits per heavy atom. The van der Waals surface area contributed by atoms with E-state index in [-0.39, 0.29) is 0 Å². The molecule has 0 aliphatic carbocycles. The predicted octanol–water partition coefficient (Wildman–Crippen LogP) is 12.3. The van der Waals surface area contributed by atoms with Gasteiger partial charge >= 0.3 is 6.18 Å². The number of para-hydroxylation sites is 1. The normalized spacial score (nSPS) is 11.3. The molecule has 2 heterocycles. The first-order valence-corrected chi connectivity index (χ1v) is 16.4. The maximum atomic E-state index is 13.8. The van der Waals surface area contributed by atoms with Gasteiger partial charge in [0.1, 0.15) is 0 Å². The summed E-state index contributed by atoms with van der Waals surface area (Å²) in [7, 11) is 0. The van der Waals surface area contributed by atoms with Gasteiger partial charge in [-0.2, -0.15) is 18.4 Å². The average molecular weight is 693 g/mol. The van der Waals surface area contributed by atoms with Crippen LogP contribution in [0.5, 0.6) is 0 Å². The highest BCUT2D eigenvalue weighted by molar-refractivity contribution is 6.22. The molecule has 0 saturated heterocycles. The van der Waals surface area contributed by atoms with Gasteiger partial charge in [-0.15, -0.1) is 0 Å². The first kappa shape index (κ1) is 32.8. The predicted molar refractivity (Wildman–Crippen MR) is 201 cm³/mol. The van der Waals surface area contributed by atoms with Gasteiger partial charge in [0.05, 0.1) is 64.0 Å². The van der Waals surface area contributed by atoms with Gasteiger partial charge in [0.25, 0.3) is 0 Å². The Balaban J connectivity index is 1.48. The van der Waals surface area contributed by atoms with E-state index in [0.29, 0.717) is 94.7 Å². The summed E-state index contributed by atoms with van der Waals surface area (Å²) in [5.74, 6) is 0. The number of halogens is 3. The Hall–Kier alpha value is -7.41. The second-order valence-corrected chi connectivity index (χ2v) is 12.5. The second kappa shape index (κ2) is 12.7. The molecule has 0 N–H and O–H groups in total. The molecular weight excluding hydrogens is 670 g/mol. The summed E-state index contributed by atoms with van der Waals surface area (Å²) in [6.45, 7) is 16.5. The summed E-state index contributed by atoms with van der Waals surface area (Å²) < 4.78 is 41.5. The van der Waals surface area contributed by atoms with Crippen molar-refractivity contribution in [2.45, 2.75) is 13.1 Å². The lowest BCUT2D eigenvalue weighted by Gasteiger charge is -2.17. The van der Waals surface area contributed by atoms with E-state index in [2.05, 4.69) is 15.8 Å². The van der Waals surface area contributed by atoms with Crippen molar-refractivity contribution >= 4 is 44.1 Å². The van der Waals surface area contributed by atoms with Crippen LogP contribution in [0.1, 0.15) is 16.7 Å². The zero-order valence-corrected chi connectivity index (χ0v) is 27.9. The SMILES string of the molecule is [C-]#[N+]c1ccc(-c2nc3cc(C#N)c4c5ccccc5nc(-c5cccc(-c6cc(C)cc(C(F)(F)F)c6)c5)c4c3nc2-c2ccc([N+]#[C-])cc2)cc1. The van der Waals surface area contributed by atoms with E-state index in [9.17, 15) is 18.4 Å². The molecule has 6 aromatic carbocycles. The van der Waals surface area contributed by atoms with Crippen LogP contribution in [0.25, 0.3) is 87.3 Å². The third-order valence-corrected chi connectivity index (χ3v) is 9.14. The number of hydrogen-bond donors (Lipinski definition) is 0. The third kappa shape index (κ3) is 5.85. The number of benzene rings is 6. The molecule has 0 amide bonds. The van der Waals surface area contributed by atoms with Crippen LogP contribution in [0.15, 0.2) is 121 Å². The molecule has 0 atom stereocenters. The molecule has 53 heavy (non-hydrogen) atoms. The lowest BCUT2D eigenvalue weighted by molar-refractivity contribution is -0.137.